The van der Waals surface area contributed by atoms with E-state index in [1.54, 1.807) is 16.0 Å². The van der Waals surface area contributed by atoms with Gasteiger partial charge < -0.3 is 14.4 Å². The molecule has 2 fully saturated rings. The monoisotopic (exact) mass is 431 g/mol. The molecule has 2 heterocycles. The van der Waals surface area contributed by atoms with Crippen LogP contribution in [0.1, 0.15) is 91.7 Å². The number of carbonyl (C=O) groups is 2. The molecule has 2 aliphatic rings. The van der Waals surface area contributed by atoms with E-state index in [1.165, 1.54) is 0 Å². The lowest BCUT2D eigenvalue weighted by Gasteiger charge is -2.41. The van der Waals surface area contributed by atoms with E-state index in [1.807, 2.05) is 53.7 Å². The third-order valence-corrected chi connectivity index (χ3v) is 5.56. The van der Waals surface area contributed by atoms with Crippen molar-refractivity contribution < 1.29 is 19.1 Å². The lowest BCUT2D eigenvalue weighted by atomic mass is 9.90. The Bertz CT molecular complexity index is 793. The van der Waals surface area contributed by atoms with Gasteiger partial charge in [-0.25, -0.2) is 14.6 Å². The van der Waals surface area contributed by atoms with Crippen molar-refractivity contribution >= 4 is 18.0 Å². The second-order valence-corrected chi connectivity index (χ2v) is 10.5. The number of likely N-dealkylation sites (tertiary alicyclic amines) is 1. The first-order valence-corrected chi connectivity index (χ1v) is 11.4. The SMILES string of the molecule is CC(C)(C)OC(=O)N1CCCCC1c1cccnc1N(C(=O)OC(C)(C)C)C1CCC1. The van der Waals surface area contributed by atoms with Crippen molar-refractivity contribution in [3.05, 3.63) is 23.9 Å². The van der Waals surface area contributed by atoms with Crippen molar-refractivity contribution in [1.29, 1.82) is 0 Å². The molecule has 0 radical (unpaired) electrons. The van der Waals surface area contributed by atoms with Crippen molar-refractivity contribution in [2.75, 3.05) is 11.4 Å². The molecule has 0 bridgehead atoms. The number of piperidine rings is 1. The lowest BCUT2D eigenvalue weighted by Crippen LogP contribution is -2.48. The zero-order valence-corrected chi connectivity index (χ0v) is 19.8. The highest BCUT2D eigenvalue weighted by Gasteiger charge is 2.39. The van der Waals surface area contributed by atoms with Crippen LogP contribution in [0.15, 0.2) is 18.3 Å². The van der Waals surface area contributed by atoms with Crippen LogP contribution in [0.25, 0.3) is 0 Å². The molecule has 1 aromatic heterocycles. The Labute approximate surface area is 186 Å². The van der Waals surface area contributed by atoms with Crippen LogP contribution in [-0.2, 0) is 9.47 Å². The summed E-state index contributed by atoms with van der Waals surface area (Å²) in [5, 5.41) is 0. The Morgan fingerprint density at radius 1 is 1.00 bits per heavy atom. The normalized spacial score (nSPS) is 20.1. The van der Waals surface area contributed by atoms with E-state index in [4.69, 9.17) is 9.47 Å². The molecule has 0 spiro atoms. The van der Waals surface area contributed by atoms with Gasteiger partial charge in [0, 0.05) is 24.3 Å². The molecule has 1 saturated heterocycles. The molecule has 7 nitrogen and oxygen atoms in total. The van der Waals surface area contributed by atoms with Gasteiger partial charge in [-0.2, -0.15) is 0 Å². The molecule has 3 rings (SSSR count). The minimum atomic E-state index is -0.596. The van der Waals surface area contributed by atoms with Gasteiger partial charge >= 0.3 is 12.2 Å². The third kappa shape index (κ3) is 5.89. The zero-order chi connectivity index (χ0) is 22.8. The number of amides is 2. The first kappa shape index (κ1) is 23.4. The smallest absolute Gasteiger partial charge is 0.416 e. The van der Waals surface area contributed by atoms with Crippen molar-refractivity contribution in [3.63, 3.8) is 0 Å². The van der Waals surface area contributed by atoms with Gasteiger partial charge in [0.15, 0.2) is 0 Å². The van der Waals surface area contributed by atoms with Crippen molar-refractivity contribution in [3.8, 4) is 0 Å². The van der Waals surface area contributed by atoms with E-state index in [9.17, 15) is 9.59 Å². The van der Waals surface area contributed by atoms with Crippen LogP contribution in [0.5, 0.6) is 0 Å². The molecule has 7 heteroatoms. The predicted molar refractivity (Wildman–Crippen MR) is 120 cm³/mol. The number of aromatic nitrogens is 1. The fourth-order valence-corrected chi connectivity index (χ4v) is 4.03. The zero-order valence-electron chi connectivity index (χ0n) is 19.8. The number of rotatable bonds is 3. The number of hydrogen-bond acceptors (Lipinski definition) is 5. The van der Waals surface area contributed by atoms with Crippen molar-refractivity contribution in [2.24, 2.45) is 0 Å². The van der Waals surface area contributed by atoms with Gasteiger partial charge in [0.05, 0.1) is 6.04 Å². The van der Waals surface area contributed by atoms with Gasteiger partial charge in [-0.3, -0.25) is 4.90 Å². The van der Waals surface area contributed by atoms with E-state index in [0.717, 1.165) is 44.1 Å². The summed E-state index contributed by atoms with van der Waals surface area (Å²) in [6.45, 7) is 11.9. The molecular formula is C24H37N3O4. The summed E-state index contributed by atoms with van der Waals surface area (Å²) < 4.78 is 11.4. The van der Waals surface area contributed by atoms with Crippen LogP contribution in [0, 0.1) is 0 Å². The molecule has 1 atom stereocenters. The molecule has 1 aliphatic heterocycles. The predicted octanol–water partition coefficient (Wildman–Crippen LogP) is 5.84. The van der Waals surface area contributed by atoms with Gasteiger partial charge in [0.2, 0.25) is 0 Å². The molecule has 0 aromatic carbocycles. The van der Waals surface area contributed by atoms with E-state index >= 15 is 0 Å². The molecule has 172 valence electrons. The number of pyridine rings is 1. The molecule has 1 unspecified atom stereocenters. The number of nitrogens with zero attached hydrogens (tertiary/aromatic N) is 3. The van der Waals surface area contributed by atoms with Gasteiger partial charge in [-0.05, 0) is 86.1 Å². The highest BCUT2D eigenvalue weighted by atomic mass is 16.6. The molecule has 0 N–H and O–H groups in total. The molecule has 1 saturated carbocycles. The van der Waals surface area contributed by atoms with Crippen LogP contribution in [0.4, 0.5) is 15.4 Å². The minimum absolute atomic E-state index is 0.0714. The first-order chi connectivity index (χ1) is 14.5. The highest BCUT2D eigenvalue weighted by molar-refractivity contribution is 5.88. The summed E-state index contributed by atoms with van der Waals surface area (Å²) in [6, 6.07) is 3.74. The second kappa shape index (κ2) is 9.05. The Balaban J connectivity index is 1.96. The van der Waals surface area contributed by atoms with Gasteiger partial charge in [-0.1, -0.05) is 6.07 Å². The summed E-state index contributed by atoms with van der Waals surface area (Å²) in [6.07, 6.45) is 6.69. The number of hydrogen-bond donors (Lipinski definition) is 0. The maximum Gasteiger partial charge on any atom is 0.416 e. The molecule has 1 aliphatic carbocycles. The Morgan fingerprint density at radius 2 is 1.68 bits per heavy atom. The quantitative estimate of drug-likeness (QED) is 0.601. The molecular weight excluding hydrogens is 394 g/mol. The van der Waals surface area contributed by atoms with Gasteiger partial charge in [0.25, 0.3) is 0 Å². The Hall–Kier alpha value is -2.31. The van der Waals surface area contributed by atoms with Crippen molar-refractivity contribution in [2.45, 2.75) is 103 Å². The number of carbonyl (C=O) groups excluding carboxylic acids is 2. The highest BCUT2D eigenvalue weighted by Crippen LogP contribution is 2.39. The largest absolute Gasteiger partial charge is 0.444 e. The fourth-order valence-electron chi connectivity index (χ4n) is 4.03. The van der Waals surface area contributed by atoms with E-state index in [-0.39, 0.29) is 24.3 Å². The van der Waals surface area contributed by atoms with Crippen LogP contribution in [-0.4, -0.2) is 45.9 Å². The summed E-state index contributed by atoms with van der Waals surface area (Å²) >= 11 is 0. The summed E-state index contributed by atoms with van der Waals surface area (Å²) in [4.78, 5) is 34.3. The average Bonchev–Trinajstić information content (AvgIpc) is 2.61. The van der Waals surface area contributed by atoms with E-state index < -0.39 is 11.2 Å². The Kier molecular flexibility index (Phi) is 6.82. The third-order valence-electron chi connectivity index (χ3n) is 5.56. The summed E-state index contributed by atoms with van der Waals surface area (Å²) in [5.41, 5.74) is -0.280. The fraction of sp³-hybridized carbons (Fsp3) is 0.708. The maximum absolute atomic E-state index is 13.2. The molecule has 1 aromatic rings. The van der Waals surface area contributed by atoms with E-state index in [0.29, 0.717) is 12.4 Å². The topological polar surface area (TPSA) is 72.0 Å². The number of anilines is 1. The van der Waals surface area contributed by atoms with E-state index in [2.05, 4.69) is 4.98 Å². The second-order valence-electron chi connectivity index (χ2n) is 10.5. The van der Waals surface area contributed by atoms with Crippen LogP contribution >= 0.6 is 0 Å². The molecule has 31 heavy (non-hydrogen) atoms. The van der Waals surface area contributed by atoms with Crippen LogP contribution < -0.4 is 4.90 Å². The Morgan fingerprint density at radius 3 is 2.26 bits per heavy atom. The minimum Gasteiger partial charge on any atom is -0.444 e. The standard InChI is InChI=1S/C24H37N3O4/c1-23(2,3)30-21(28)26-16-8-7-14-19(26)18-13-10-15-25-20(18)27(17-11-9-12-17)22(29)31-24(4,5)6/h10,13,15,17,19H,7-9,11-12,14,16H2,1-6H3. The summed E-state index contributed by atoms with van der Waals surface area (Å²) in [7, 11) is 0. The molecule has 2 amide bonds. The number of ether oxygens (including phenoxy) is 2. The van der Waals surface area contributed by atoms with Gasteiger partial charge in [-0.15, -0.1) is 0 Å². The summed E-state index contributed by atoms with van der Waals surface area (Å²) in [5.74, 6) is 0.599. The maximum atomic E-state index is 13.2. The lowest BCUT2D eigenvalue weighted by molar-refractivity contribution is 0.00954. The first-order valence-electron chi connectivity index (χ1n) is 11.4. The average molecular weight is 432 g/mol. The van der Waals surface area contributed by atoms with Crippen molar-refractivity contribution in [1.82, 2.24) is 9.88 Å². The van der Waals surface area contributed by atoms with Crippen LogP contribution in [0.2, 0.25) is 0 Å². The van der Waals surface area contributed by atoms with Crippen LogP contribution in [0.3, 0.4) is 0 Å². The van der Waals surface area contributed by atoms with Gasteiger partial charge in [0.1, 0.15) is 17.0 Å².